The molecular formula is C22H28ClN3O5. The van der Waals surface area contributed by atoms with E-state index in [9.17, 15) is 9.59 Å². The smallest absolute Gasteiger partial charge is 0.252 e. The van der Waals surface area contributed by atoms with Gasteiger partial charge in [0.2, 0.25) is 5.91 Å². The van der Waals surface area contributed by atoms with Crippen LogP contribution in [0.3, 0.4) is 0 Å². The van der Waals surface area contributed by atoms with E-state index in [1.54, 1.807) is 39.5 Å². The largest absolute Gasteiger partial charge is 0.493 e. The lowest BCUT2D eigenvalue weighted by Crippen LogP contribution is -2.31. The molecule has 2 amide bonds. The number of nitrogens with one attached hydrogen (secondary N) is 3. The lowest BCUT2D eigenvalue weighted by molar-refractivity contribution is -0.119. The van der Waals surface area contributed by atoms with Crippen molar-refractivity contribution in [3.8, 4) is 11.5 Å². The summed E-state index contributed by atoms with van der Waals surface area (Å²) in [6.45, 7) is 1.39. The van der Waals surface area contributed by atoms with E-state index >= 15 is 0 Å². The van der Waals surface area contributed by atoms with Gasteiger partial charge in [-0.3, -0.25) is 9.59 Å². The molecule has 2 aromatic carbocycles. The van der Waals surface area contributed by atoms with E-state index in [4.69, 9.17) is 25.8 Å². The zero-order chi connectivity index (χ0) is 22.6. The number of hydrogen-bond donors (Lipinski definition) is 3. The number of anilines is 1. The van der Waals surface area contributed by atoms with Crippen molar-refractivity contribution in [2.45, 2.75) is 6.42 Å². The third kappa shape index (κ3) is 7.66. The Morgan fingerprint density at radius 3 is 2.39 bits per heavy atom. The van der Waals surface area contributed by atoms with Crippen LogP contribution in [0.15, 0.2) is 36.4 Å². The van der Waals surface area contributed by atoms with Crippen molar-refractivity contribution in [3.05, 3.63) is 52.5 Å². The van der Waals surface area contributed by atoms with Crippen molar-refractivity contribution in [2.24, 2.45) is 0 Å². The minimum absolute atomic E-state index is 0.0850. The Morgan fingerprint density at radius 1 is 0.935 bits per heavy atom. The molecule has 8 nitrogen and oxygen atoms in total. The summed E-state index contributed by atoms with van der Waals surface area (Å²) in [4.78, 5) is 24.2. The zero-order valence-electron chi connectivity index (χ0n) is 17.9. The van der Waals surface area contributed by atoms with E-state index < -0.39 is 0 Å². The number of carbonyl (C=O) groups is 2. The number of benzene rings is 2. The first-order valence-corrected chi connectivity index (χ1v) is 10.1. The summed E-state index contributed by atoms with van der Waals surface area (Å²) in [6, 6.07) is 10.6. The van der Waals surface area contributed by atoms with Crippen LogP contribution in [0.5, 0.6) is 11.5 Å². The molecule has 0 saturated heterocycles. The van der Waals surface area contributed by atoms with E-state index in [1.165, 1.54) is 0 Å². The van der Waals surface area contributed by atoms with Crippen LogP contribution in [-0.4, -0.2) is 59.4 Å². The maximum atomic E-state index is 12.1. The molecule has 31 heavy (non-hydrogen) atoms. The highest BCUT2D eigenvalue weighted by atomic mass is 35.5. The van der Waals surface area contributed by atoms with Crippen LogP contribution in [0.4, 0.5) is 5.69 Å². The summed E-state index contributed by atoms with van der Waals surface area (Å²) in [7, 11) is 4.73. The first-order chi connectivity index (χ1) is 15.0. The van der Waals surface area contributed by atoms with Crippen molar-refractivity contribution in [1.82, 2.24) is 10.6 Å². The maximum absolute atomic E-state index is 12.1. The summed E-state index contributed by atoms with van der Waals surface area (Å²) in [6.07, 6.45) is 0.658. The normalized spacial score (nSPS) is 10.3. The molecule has 0 aliphatic carbocycles. The molecule has 9 heteroatoms. The molecule has 2 aromatic rings. The Balaban J connectivity index is 1.78. The average molecular weight is 450 g/mol. The van der Waals surface area contributed by atoms with Crippen molar-refractivity contribution in [1.29, 1.82) is 0 Å². The molecule has 0 fully saturated rings. The standard InChI is InChI=1S/C22H28ClN3O5/c1-29-11-10-25-22(28)17-6-5-16(13-18(17)23)26-14-21(27)24-9-8-15-4-7-19(30-2)20(12-15)31-3/h4-7,12-13,26H,8-11,14H2,1-3H3,(H,24,27)(H,25,28). The van der Waals surface area contributed by atoms with Gasteiger partial charge in [0.15, 0.2) is 11.5 Å². The Kier molecular flexibility index (Phi) is 9.93. The van der Waals surface area contributed by atoms with Gasteiger partial charge in [0.05, 0.1) is 38.0 Å². The number of ether oxygens (including phenoxy) is 3. The molecule has 0 spiro atoms. The van der Waals surface area contributed by atoms with E-state index in [2.05, 4.69) is 16.0 Å². The summed E-state index contributed by atoms with van der Waals surface area (Å²) in [5.74, 6) is 0.886. The average Bonchev–Trinajstić information content (AvgIpc) is 2.77. The Bertz CT molecular complexity index is 891. The topological polar surface area (TPSA) is 97.9 Å². The quantitative estimate of drug-likeness (QED) is 0.431. The highest BCUT2D eigenvalue weighted by Gasteiger charge is 2.11. The van der Waals surface area contributed by atoms with E-state index in [1.807, 2.05) is 18.2 Å². The van der Waals surface area contributed by atoms with Gasteiger partial charge >= 0.3 is 0 Å². The molecule has 0 atom stereocenters. The summed E-state index contributed by atoms with van der Waals surface area (Å²) in [5.41, 5.74) is 2.04. The van der Waals surface area contributed by atoms with E-state index in [0.717, 1.165) is 5.56 Å². The number of carbonyl (C=O) groups excluding carboxylic acids is 2. The van der Waals surface area contributed by atoms with Crippen molar-refractivity contribution in [2.75, 3.05) is 52.9 Å². The van der Waals surface area contributed by atoms with Crippen molar-refractivity contribution >= 4 is 29.1 Å². The highest BCUT2D eigenvalue weighted by Crippen LogP contribution is 2.27. The van der Waals surface area contributed by atoms with Crippen LogP contribution in [0.2, 0.25) is 5.02 Å². The fraction of sp³-hybridized carbons (Fsp3) is 0.364. The Labute approximate surface area is 187 Å². The van der Waals surface area contributed by atoms with Gasteiger partial charge in [-0.25, -0.2) is 0 Å². The predicted molar refractivity (Wildman–Crippen MR) is 120 cm³/mol. The Hall–Kier alpha value is -2.97. The lowest BCUT2D eigenvalue weighted by atomic mass is 10.1. The van der Waals surface area contributed by atoms with Crippen LogP contribution in [0, 0.1) is 0 Å². The number of rotatable bonds is 12. The van der Waals surface area contributed by atoms with Crippen LogP contribution in [0.1, 0.15) is 15.9 Å². The molecule has 3 N–H and O–H groups in total. The number of amides is 2. The molecule has 168 valence electrons. The van der Waals surface area contributed by atoms with Crippen LogP contribution < -0.4 is 25.4 Å². The summed E-state index contributed by atoms with van der Waals surface area (Å²) >= 11 is 6.20. The predicted octanol–water partition coefficient (Wildman–Crippen LogP) is 2.50. The molecule has 0 aliphatic rings. The van der Waals surface area contributed by atoms with Crippen LogP contribution >= 0.6 is 11.6 Å². The molecule has 0 bridgehead atoms. The molecule has 0 saturated carbocycles. The van der Waals surface area contributed by atoms with Gasteiger partial charge < -0.3 is 30.2 Å². The summed E-state index contributed by atoms with van der Waals surface area (Å²) in [5, 5.41) is 8.87. The van der Waals surface area contributed by atoms with Gasteiger partial charge in [0.1, 0.15) is 0 Å². The summed E-state index contributed by atoms with van der Waals surface area (Å²) < 4.78 is 15.4. The van der Waals surface area contributed by atoms with Crippen LogP contribution in [0.25, 0.3) is 0 Å². The van der Waals surface area contributed by atoms with Crippen molar-refractivity contribution < 1.29 is 23.8 Å². The van der Waals surface area contributed by atoms with E-state index in [-0.39, 0.29) is 18.4 Å². The second kappa shape index (κ2) is 12.7. The lowest BCUT2D eigenvalue weighted by Gasteiger charge is -2.11. The Morgan fingerprint density at radius 2 is 1.71 bits per heavy atom. The molecular weight excluding hydrogens is 422 g/mol. The van der Waals surface area contributed by atoms with Gasteiger partial charge in [-0.05, 0) is 42.3 Å². The third-order valence-electron chi connectivity index (χ3n) is 4.44. The monoisotopic (exact) mass is 449 g/mol. The molecule has 0 aliphatic heterocycles. The minimum atomic E-state index is -0.276. The van der Waals surface area contributed by atoms with Gasteiger partial charge in [0, 0.05) is 25.9 Å². The van der Waals surface area contributed by atoms with Gasteiger partial charge in [0.25, 0.3) is 5.91 Å². The molecule has 0 heterocycles. The van der Waals surface area contributed by atoms with Gasteiger partial charge in [-0.15, -0.1) is 0 Å². The number of methoxy groups -OCH3 is 3. The number of hydrogen-bond acceptors (Lipinski definition) is 6. The fourth-order valence-corrected chi connectivity index (χ4v) is 3.06. The maximum Gasteiger partial charge on any atom is 0.252 e. The first kappa shape index (κ1) is 24.3. The SMILES string of the molecule is COCCNC(=O)c1ccc(NCC(=O)NCCc2ccc(OC)c(OC)c2)cc1Cl. The molecule has 0 radical (unpaired) electrons. The van der Waals surface area contributed by atoms with Crippen LogP contribution in [-0.2, 0) is 16.0 Å². The van der Waals surface area contributed by atoms with Gasteiger partial charge in [-0.1, -0.05) is 17.7 Å². The minimum Gasteiger partial charge on any atom is -0.493 e. The second-order valence-corrected chi connectivity index (χ2v) is 6.99. The molecule has 2 rings (SSSR count). The molecule has 0 unspecified atom stereocenters. The van der Waals surface area contributed by atoms with Gasteiger partial charge in [-0.2, -0.15) is 0 Å². The molecule has 0 aromatic heterocycles. The van der Waals surface area contributed by atoms with E-state index in [0.29, 0.717) is 53.9 Å². The third-order valence-corrected chi connectivity index (χ3v) is 4.76. The fourth-order valence-electron chi connectivity index (χ4n) is 2.80. The number of halogens is 1. The first-order valence-electron chi connectivity index (χ1n) is 9.76. The highest BCUT2D eigenvalue weighted by molar-refractivity contribution is 6.34. The zero-order valence-corrected chi connectivity index (χ0v) is 18.7. The second-order valence-electron chi connectivity index (χ2n) is 6.59. The van der Waals surface area contributed by atoms with Crippen molar-refractivity contribution in [3.63, 3.8) is 0 Å².